The van der Waals surface area contributed by atoms with E-state index in [0.717, 1.165) is 25.7 Å². The van der Waals surface area contributed by atoms with Crippen LogP contribution in [-0.2, 0) is 0 Å². The van der Waals surface area contributed by atoms with E-state index in [4.69, 9.17) is 11.6 Å². The van der Waals surface area contributed by atoms with Gasteiger partial charge >= 0.3 is 0 Å². The molecule has 3 nitrogen and oxygen atoms in total. The molecular formula is C14H18ClNO2. The number of carbonyl (C=O) groups is 1. The highest BCUT2D eigenvalue weighted by Crippen LogP contribution is 2.22. The van der Waals surface area contributed by atoms with Crippen molar-refractivity contribution in [3.8, 4) is 5.75 Å². The number of aromatic hydroxyl groups is 1. The summed E-state index contributed by atoms with van der Waals surface area (Å²) >= 11 is 6.29. The summed E-state index contributed by atoms with van der Waals surface area (Å²) in [6.45, 7) is 0. The molecule has 18 heavy (non-hydrogen) atoms. The van der Waals surface area contributed by atoms with Gasteiger partial charge in [-0.1, -0.05) is 19.3 Å². The Kier molecular flexibility index (Phi) is 4.48. The molecule has 2 N–H and O–H groups in total. The van der Waals surface area contributed by atoms with Gasteiger partial charge in [0, 0.05) is 11.6 Å². The maximum absolute atomic E-state index is 12.0. The summed E-state index contributed by atoms with van der Waals surface area (Å²) in [6, 6.07) is 6.31. The SMILES string of the molecule is O=C(NC1CCCCCC1Cl)c1ccc(O)cc1. The number of hydrogen-bond donors (Lipinski definition) is 2. The Labute approximate surface area is 112 Å². The summed E-state index contributed by atoms with van der Waals surface area (Å²) in [5.74, 6) is 0.0452. The molecule has 0 radical (unpaired) electrons. The van der Waals surface area contributed by atoms with Crippen molar-refractivity contribution in [3.63, 3.8) is 0 Å². The maximum atomic E-state index is 12.0. The lowest BCUT2D eigenvalue weighted by Crippen LogP contribution is -2.40. The van der Waals surface area contributed by atoms with Crippen molar-refractivity contribution >= 4 is 17.5 Å². The number of benzene rings is 1. The molecule has 1 aromatic rings. The molecule has 0 aromatic heterocycles. The lowest BCUT2D eigenvalue weighted by molar-refractivity contribution is 0.0934. The summed E-state index contributed by atoms with van der Waals surface area (Å²) < 4.78 is 0. The van der Waals surface area contributed by atoms with E-state index in [9.17, 15) is 9.90 Å². The molecule has 2 unspecified atom stereocenters. The molecule has 1 fully saturated rings. The van der Waals surface area contributed by atoms with Gasteiger partial charge < -0.3 is 10.4 Å². The fourth-order valence-electron chi connectivity index (χ4n) is 2.29. The number of alkyl halides is 1. The molecule has 1 aliphatic rings. The van der Waals surface area contributed by atoms with Crippen molar-refractivity contribution < 1.29 is 9.90 Å². The molecule has 2 atom stereocenters. The Balaban J connectivity index is 1.99. The van der Waals surface area contributed by atoms with Crippen LogP contribution in [0.15, 0.2) is 24.3 Å². The molecule has 1 aliphatic carbocycles. The van der Waals surface area contributed by atoms with E-state index in [1.165, 1.54) is 18.6 Å². The van der Waals surface area contributed by atoms with Gasteiger partial charge in [0.2, 0.25) is 0 Å². The first-order valence-electron chi connectivity index (χ1n) is 6.41. The third-order valence-corrected chi connectivity index (χ3v) is 3.90. The van der Waals surface area contributed by atoms with E-state index in [-0.39, 0.29) is 23.1 Å². The number of carbonyl (C=O) groups excluding carboxylic acids is 1. The Morgan fingerprint density at radius 3 is 2.56 bits per heavy atom. The van der Waals surface area contributed by atoms with Gasteiger partial charge in [-0.15, -0.1) is 11.6 Å². The lowest BCUT2D eigenvalue weighted by Gasteiger charge is -2.21. The van der Waals surface area contributed by atoms with Crippen LogP contribution < -0.4 is 5.32 Å². The molecule has 1 saturated carbocycles. The molecular weight excluding hydrogens is 250 g/mol. The third kappa shape index (κ3) is 3.39. The van der Waals surface area contributed by atoms with Gasteiger partial charge in [-0.05, 0) is 37.1 Å². The van der Waals surface area contributed by atoms with Crippen molar-refractivity contribution in [2.75, 3.05) is 0 Å². The van der Waals surface area contributed by atoms with Crippen LogP contribution in [0.25, 0.3) is 0 Å². The van der Waals surface area contributed by atoms with Crippen LogP contribution in [0.3, 0.4) is 0 Å². The smallest absolute Gasteiger partial charge is 0.251 e. The molecule has 0 heterocycles. The third-order valence-electron chi connectivity index (χ3n) is 3.38. The first kappa shape index (κ1) is 13.2. The average Bonchev–Trinajstić information content (AvgIpc) is 2.56. The largest absolute Gasteiger partial charge is 0.508 e. The summed E-state index contributed by atoms with van der Waals surface area (Å²) in [6.07, 6.45) is 5.35. The predicted molar refractivity (Wildman–Crippen MR) is 72.1 cm³/mol. The number of halogens is 1. The zero-order valence-corrected chi connectivity index (χ0v) is 11.0. The minimum absolute atomic E-state index is 0.0218. The van der Waals surface area contributed by atoms with Gasteiger partial charge in [0.25, 0.3) is 5.91 Å². The molecule has 2 rings (SSSR count). The molecule has 98 valence electrons. The van der Waals surface area contributed by atoms with Crippen molar-refractivity contribution in [2.24, 2.45) is 0 Å². The highest BCUT2D eigenvalue weighted by atomic mass is 35.5. The zero-order valence-electron chi connectivity index (χ0n) is 10.2. The van der Waals surface area contributed by atoms with Crippen LogP contribution in [0.2, 0.25) is 0 Å². The van der Waals surface area contributed by atoms with E-state index in [1.54, 1.807) is 12.1 Å². The average molecular weight is 268 g/mol. The fraction of sp³-hybridized carbons (Fsp3) is 0.500. The van der Waals surface area contributed by atoms with Crippen LogP contribution in [-0.4, -0.2) is 22.4 Å². The monoisotopic (exact) mass is 267 g/mol. The van der Waals surface area contributed by atoms with Crippen molar-refractivity contribution in [1.29, 1.82) is 0 Å². The summed E-state index contributed by atoms with van der Waals surface area (Å²) in [5.41, 5.74) is 0.556. The quantitative estimate of drug-likeness (QED) is 0.639. The summed E-state index contributed by atoms with van der Waals surface area (Å²) in [7, 11) is 0. The normalized spacial score (nSPS) is 24.3. The van der Waals surface area contributed by atoms with Crippen molar-refractivity contribution in [2.45, 2.75) is 43.5 Å². The lowest BCUT2D eigenvalue weighted by atomic mass is 10.1. The van der Waals surface area contributed by atoms with Gasteiger partial charge in [0.15, 0.2) is 0 Å². The number of rotatable bonds is 2. The number of hydrogen-bond acceptors (Lipinski definition) is 2. The first-order valence-corrected chi connectivity index (χ1v) is 6.84. The van der Waals surface area contributed by atoms with Gasteiger partial charge in [0.05, 0.1) is 5.38 Å². The molecule has 0 spiro atoms. The minimum Gasteiger partial charge on any atom is -0.508 e. The van der Waals surface area contributed by atoms with Crippen LogP contribution >= 0.6 is 11.6 Å². The van der Waals surface area contributed by atoms with Gasteiger partial charge in [-0.25, -0.2) is 0 Å². The number of phenols is 1. The summed E-state index contributed by atoms with van der Waals surface area (Å²) in [5, 5.41) is 12.2. The second-order valence-electron chi connectivity index (χ2n) is 4.78. The Hall–Kier alpha value is -1.22. The highest BCUT2D eigenvalue weighted by Gasteiger charge is 2.23. The van der Waals surface area contributed by atoms with Crippen LogP contribution in [0.4, 0.5) is 0 Å². The predicted octanol–water partition coefficient (Wildman–Crippen LogP) is 3.06. The second-order valence-corrected chi connectivity index (χ2v) is 5.34. The molecule has 1 aromatic carbocycles. The molecule has 0 bridgehead atoms. The van der Waals surface area contributed by atoms with Crippen molar-refractivity contribution in [1.82, 2.24) is 5.32 Å². The Bertz CT molecular complexity index is 405. The second kappa shape index (κ2) is 6.10. The first-order chi connectivity index (χ1) is 8.66. The highest BCUT2D eigenvalue weighted by molar-refractivity contribution is 6.21. The molecule has 1 amide bonds. The molecule has 0 saturated heterocycles. The van der Waals surface area contributed by atoms with Crippen LogP contribution in [0.1, 0.15) is 42.5 Å². The number of phenolic OH excluding ortho intramolecular Hbond substituents is 1. The molecule has 4 heteroatoms. The van der Waals surface area contributed by atoms with Gasteiger partial charge in [0.1, 0.15) is 5.75 Å². The van der Waals surface area contributed by atoms with E-state index < -0.39 is 0 Å². The Morgan fingerprint density at radius 2 is 1.83 bits per heavy atom. The van der Waals surface area contributed by atoms with Gasteiger partial charge in [-0.2, -0.15) is 0 Å². The Morgan fingerprint density at radius 1 is 1.17 bits per heavy atom. The summed E-state index contributed by atoms with van der Waals surface area (Å²) in [4.78, 5) is 12.0. The van der Waals surface area contributed by atoms with Gasteiger partial charge in [-0.3, -0.25) is 4.79 Å². The number of nitrogens with one attached hydrogen (secondary N) is 1. The van der Waals surface area contributed by atoms with E-state index in [1.807, 2.05) is 0 Å². The minimum atomic E-state index is -0.118. The zero-order chi connectivity index (χ0) is 13.0. The van der Waals surface area contributed by atoms with E-state index in [0.29, 0.717) is 5.56 Å². The standard InChI is InChI=1S/C14H18ClNO2/c15-12-4-2-1-3-5-13(12)16-14(18)10-6-8-11(17)9-7-10/h6-9,12-13,17H,1-5H2,(H,16,18). The van der Waals surface area contributed by atoms with Crippen molar-refractivity contribution in [3.05, 3.63) is 29.8 Å². The topological polar surface area (TPSA) is 49.3 Å². The number of amides is 1. The maximum Gasteiger partial charge on any atom is 0.251 e. The molecule has 0 aliphatic heterocycles. The van der Waals surface area contributed by atoms with Crippen LogP contribution in [0, 0.1) is 0 Å². The fourth-order valence-corrected chi connectivity index (χ4v) is 2.63. The van der Waals surface area contributed by atoms with E-state index >= 15 is 0 Å². The van der Waals surface area contributed by atoms with E-state index in [2.05, 4.69) is 5.32 Å². The van der Waals surface area contributed by atoms with Crippen LogP contribution in [0.5, 0.6) is 5.75 Å².